The van der Waals surface area contributed by atoms with E-state index in [-0.39, 0.29) is 11.8 Å². The van der Waals surface area contributed by atoms with E-state index in [0.717, 1.165) is 22.6 Å². The van der Waals surface area contributed by atoms with Gasteiger partial charge in [0.1, 0.15) is 5.78 Å². The van der Waals surface area contributed by atoms with Crippen molar-refractivity contribution in [1.82, 2.24) is 0 Å². The Bertz CT molecular complexity index is 892. The van der Waals surface area contributed by atoms with Gasteiger partial charge in [-0.25, -0.2) is 0 Å². The summed E-state index contributed by atoms with van der Waals surface area (Å²) in [6.07, 6.45) is 1.49. The SMILES string of the molecule is O=C(C(Cc1ccccc1)c1cccs1)C(Cc1ccccc1)c1cccs1. The minimum Gasteiger partial charge on any atom is -0.298 e. The van der Waals surface area contributed by atoms with Crippen molar-refractivity contribution in [2.75, 3.05) is 0 Å². The van der Waals surface area contributed by atoms with Crippen LogP contribution in [0.5, 0.6) is 0 Å². The van der Waals surface area contributed by atoms with E-state index >= 15 is 0 Å². The van der Waals surface area contributed by atoms with E-state index in [4.69, 9.17) is 0 Å². The maximum Gasteiger partial charge on any atom is 0.150 e. The van der Waals surface area contributed by atoms with Gasteiger partial charge in [-0.1, -0.05) is 72.8 Å². The zero-order chi connectivity index (χ0) is 19.2. The number of carbonyl (C=O) groups is 1. The smallest absolute Gasteiger partial charge is 0.150 e. The lowest BCUT2D eigenvalue weighted by Crippen LogP contribution is -2.23. The zero-order valence-electron chi connectivity index (χ0n) is 15.5. The standard InChI is InChI=1S/C25H22OS2/c26-25(21(23-13-7-15-27-23)17-19-9-3-1-4-10-19)22(24-14-8-16-28-24)18-20-11-5-2-6-12-20/h1-16,21-22H,17-18H2. The molecule has 0 amide bonds. The molecule has 0 spiro atoms. The summed E-state index contributed by atoms with van der Waals surface area (Å²) in [5, 5.41) is 4.13. The van der Waals surface area contributed by atoms with Gasteiger partial charge in [-0.15, -0.1) is 22.7 Å². The van der Waals surface area contributed by atoms with Crippen LogP contribution >= 0.6 is 22.7 Å². The first kappa shape index (κ1) is 18.9. The molecule has 2 atom stereocenters. The van der Waals surface area contributed by atoms with Gasteiger partial charge in [-0.05, 0) is 46.9 Å². The third-order valence-electron chi connectivity index (χ3n) is 5.03. The third kappa shape index (κ3) is 4.49. The number of carbonyl (C=O) groups excluding carboxylic acids is 1. The first-order chi connectivity index (χ1) is 13.8. The van der Waals surface area contributed by atoms with Gasteiger partial charge in [0.15, 0.2) is 0 Å². The predicted molar refractivity (Wildman–Crippen MR) is 119 cm³/mol. The highest BCUT2D eigenvalue weighted by Crippen LogP contribution is 2.35. The van der Waals surface area contributed by atoms with Crippen molar-refractivity contribution in [3.8, 4) is 0 Å². The molecule has 0 radical (unpaired) electrons. The first-order valence-corrected chi connectivity index (χ1v) is 11.3. The molecule has 1 nitrogen and oxygen atoms in total. The summed E-state index contributed by atoms with van der Waals surface area (Å²) in [5.41, 5.74) is 2.41. The van der Waals surface area contributed by atoms with Crippen LogP contribution < -0.4 is 0 Å². The van der Waals surface area contributed by atoms with E-state index in [9.17, 15) is 4.79 Å². The Labute approximate surface area is 174 Å². The molecule has 3 heteroatoms. The fourth-order valence-electron chi connectivity index (χ4n) is 3.60. The summed E-state index contributed by atoms with van der Waals surface area (Å²) in [5.74, 6) is 0.0917. The van der Waals surface area contributed by atoms with Crippen molar-refractivity contribution < 1.29 is 4.79 Å². The monoisotopic (exact) mass is 402 g/mol. The van der Waals surface area contributed by atoms with Gasteiger partial charge in [0.05, 0.1) is 11.8 Å². The van der Waals surface area contributed by atoms with Crippen molar-refractivity contribution >= 4 is 28.5 Å². The molecule has 0 fully saturated rings. The largest absolute Gasteiger partial charge is 0.298 e. The van der Waals surface area contributed by atoms with Crippen LogP contribution in [-0.2, 0) is 17.6 Å². The number of rotatable bonds is 8. The Morgan fingerprint density at radius 1 is 0.607 bits per heavy atom. The first-order valence-electron chi connectivity index (χ1n) is 9.49. The number of hydrogen-bond donors (Lipinski definition) is 0. The van der Waals surface area contributed by atoms with Crippen LogP contribution in [0.25, 0.3) is 0 Å². The van der Waals surface area contributed by atoms with Gasteiger partial charge in [0.25, 0.3) is 0 Å². The van der Waals surface area contributed by atoms with Crippen molar-refractivity contribution in [1.29, 1.82) is 0 Å². The van der Waals surface area contributed by atoms with Gasteiger partial charge in [0, 0.05) is 9.75 Å². The van der Waals surface area contributed by atoms with E-state index in [1.807, 2.05) is 48.5 Å². The Kier molecular flexibility index (Phi) is 6.15. The lowest BCUT2D eigenvalue weighted by molar-refractivity contribution is -0.121. The van der Waals surface area contributed by atoms with Crippen LogP contribution in [0.3, 0.4) is 0 Å². The van der Waals surface area contributed by atoms with Crippen LogP contribution in [0.15, 0.2) is 95.7 Å². The lowest BCUT2D eigenvalue weighted by atomic mass is 9.83. The van der Waals surface area contributed by atoms with Gasteiger partial charge in [0.2, 0.25) is 0 Å². The summed E-state index contributed by atoms with van der Waals surface area (Å²) in [6.45, 7) is 0. The summed E-state index contributed by atoms with van der Waals surface area (Å²) in [7, 11) is 0. The second kappa shape index (κ2) is 9.13. The Morgan fingerprint density at radius 2 is 1.04 bits per heavy atom. The summed E-state index contributed by atoms with van der Waals surface area (Å²) in [4.78, 5) is 16.2. The quantitative estimate of drug-likeness (QED) is 0.319. The lowest BCUT2D eigenvalue weighted by Gasteiger charge is -2.22. The molecule has 2 aromatic carbocycles. The summed E-state index contributed by atoms with van der Waals surface area (Å²) >= 11 is 3.36. The van der Waals surface area contributed by atoms with Gasteiger partial charge < -0.3 is 0 Å². The molecular weight excluding hydrogens is 380 g/mol. The summed E-state index contributed by atoms with van der Waals surface area (Å²) in [6, 6.07) is 29.0. The van der Waals surface area contributed by atoms with Crippen molar-refractivity contribution in [3.05, 3.63) is 117 Å². The Balaban J connectivity index is 1.67. The van der Waals surface area contributed by atoms with Crippen LogP contribution in [0.2, 0.25) is 0 Å². The summed E-state index contributed by atoms with van der Waals surface area (Å²) < 4.78 is 0. The fraction of sp³-hybridized carbons (Fsp3) is 0.160. The second-order valence-corrected chi connectivity index (χ2v) is 8.88. The Hall–Kier alpha value is -2.49. The molecule has 4 aromatic rings. The molecule has 0 aliphatic heterocycles. The molecular formula is C25H22OS2. The average Bonchev–Trinajstić information content (AvgIpc) is 3.46. The van der Waals surface area contributed by atoms with Gasteiger partial charge in [-0.3, -0.25) is 4.79 Å². The van der Waals surface area contributed by atoms with E-state index in [1.54, 1.807) is 22.7 Å². The molecule has 2 unspecified atom stereocenters. The molecule has 140 valence electrons. The molecule has 0 N–H and O–H groups in total. The number of benzene rings is 2. The number of thiophene rings is 2. The molecule has 0 saturated heterocycles. The molecule has 28 heavy (non-hydrogen) atoms. The molecule has 2 heterocycles. The average molecular weight is 403 g/mol. The fourth-order valence-corrected chi connectivity index (χ4v) is 5.27. The number of Topliss-reactive ketones (excluding diaryl/α,β-unsaturated/α-hetero) is 1. The highest BCUT2D eigenvalue weighted by Gasteiger charge is 2.31. The van der Waals surface area contributed by atoms with Crippen LogP contribution in [0.1, 0.15) is 32.7 Å². The van der Waals surface area contributed by atoms with E-state index < -0.39 is 0 Å². The number of hydrogen-bond acceptors (Lipinski definition) is 3. The maximum atomic E-state index is 13.9. The van der Waals surface area contributed by atoms with Crippen LogP contribution in [0.4, 0.5) is 0 Å². The second-order valence-electron chi connectivity index (χ2n) is 6.92. The van der Waals surface area contributed by atoms with Crippen LogP contribution in [-0.4, -0.2) is 5.78 Å². The maximum absolute atomic E-state index is 13.9. The van der Waals surface area contributed by atoms with E-state index in [0.29, 0.717) is 5.78 Å². The Morgan fingerprint density at radius 3 is 1.39 bits per heavy atom. The minimum atomic E-state index is -0.113. The molecule has 2 aromatic heterocycles. The van der Waals surface area contributed by atoms with Gasteiger partial charge >= 0.3 is 0 Å². The third-order valence-corrected chi connectivity index (χ3v) is 7.00. The molecule has 0 bridgehead atoms. The van der Waals surface area contributed by atoms with Crippen molar-refractivity contribution in [3.63, 3.8) is 0 Å². The van der Waals surface area contributed by atoms with Crippen molar-refractivity contribution in [2.45, 2.75) is 24.7 Å². The number of ketones is 1. The van der Waals surface area contributed by atoms with E-state index in [2.05, 4.69) is 47.2 Å². The molecule has 4 rings (SSSR count). The highest BCUT2D eigenvalue weighted by atomic mass is 32.1. The predicted octanol–water partition coefficient (Wildman–Crippen LogP) is 6.73. The van der Waals surface area contributed by atoms with E-state index in [1.165, 1.54) is 11.1 Å². The molecule has 0 aliphatic rings. The topological polar surface area (TPSA) is 17.1 Å². The van der Waals surface area contributed by atoms with Crippen LogP contribution in [0, 0.1) is 0 Å². The molecule has 0 saturated carbocycles. The molecule has 0 aliphatic carbocycles. The zero-order valence-corrected chi connectivity index (χ0v) is 17.2. The minimum absolute atomic E-state index is 0.113. The highest BCUT2D eigenvalue weighted by molar-refractivity contribution is 7.10. The van der Waals surface area contributed by atoms with Crippen molar-refractivity contribution in [2.24, 2.45) is 0 Å². The van der Waals surface area contributed by atoms with Gasteiger partial charge in [-0.2, -0.15) is 0 Å². The normalized spacial score (nSPS) is 13.1.